The summed E-state index contributed by atoms with van der Waals surface area (Å²) in [6, 6.07) is 15.0. The molecule has 0 spiro atoms. The fraction of sp³-hybridized carbons (Fsp3) is 0.440. The maximum atomic E-state index is 13.4. The summed E-state index contributed by atoms with van der Waals surface area (Å²) in [5, 5.41) is 0. The molecule has 1 saturated heterocycles. The Morgan fingerprint density at radius 2 is 1.65 bits per heavy atom. The van der Waals surface area contributed by atoms with Crippen molar-refractivity contribution in [3.63, 3.8) is 0 Å². The molecule has 2 aromatic rings. The van der Waals surface area contributed by atoms with Crippen LogP contribution in [0.2, 0.25) is 0 Å². The Balaban J connectivity index is 1.49. The molecule has 0 unspecified atom stereocenters. The summed E-state index contributed by atoms with van der Waals surface area (Å²) >= 11 is 0. The van der Waals surface area contributed by atoms with Gasteiger partial charge in [0.1, 0.15) is 0 Å². The van der Waals surface area contributed by atoms with Crippen LogP contribution in [0.4, 0.5) is 0 Å². The number of carbonyl (C=O) groups excluding carboxylic acids is 2. The molecule has 4 rings (SSSR count). The molecule has 1 fully saturated rings. The maximum absolute atomic E-state index is 13.4. The minimum Gasteiger partial charge on any atom is -0.456 e. The number of fused-ring (bicyclic) bond motifs is 1. The number of morpholine rings is 1. The molecule has 2 aliphatic heterocycles. The van der Waals surface area contributed by atoms with E-state index < -0.39 is 22.0 Å². The molecule has 1 amide bonds. The molecule has 0 aromatic heterocycles. The highest BCUT2D eigenvalue weighted by molar-refractivity contribution is 7.89. The van der Waals surface area contributed by atoms with E-state index in [-0.39, 0.29) is 42.6 Å². The standard InChI is InChI=1S/C25H30N2O6S/c1-18-15-26(16-19(2)33-18)24(28)17-32-25(29)14-23-22-11-7-6-8-20(22)12-13-27(23)34(30,31)21-9-4-3-5-10-21/h3-11,18-19,23H,12-17H2,1-2H3/t18-,19-,23+/m1/s1. The zero-order valence-electron chi connectivity index (χ0n) is 19.4. The number of carbonyl (C=O) groups is 2. The quantitative estimate of drug-likeness (QED) is 0.583. The number of esters is 1. The molecule has 2 aliphatic rings. The summed E-state index contributed by atoms with van der Waals surface area (Å²) in [6.45, 7) is 4.56. The van der Waals surface area contributed by atoms with E-state index in [1.54, 1.807) is 35.2 Å². The van der Waals surface area contributed by atoms with Crippen molar-refractivity contribution in [2.75, 3.05) is 26.2 Å². The van der Waals surface area contributed by atoms with Gasteiger partial charge in [0.2, 0.25) is 10.0 Å². The number of sulfonamides is 1. The fourth-order valence-corrected chi connectivity index (χ4v) is 6.31. The van der Waals surface area contributed by atoms with Gasteiger partial charge in [0, 0.05) is 19.6 Å². The number of hydrogen-bond acceptors (Lipinski definition) is 6. The second kappa shape index (κ2) is 10.2. The molecule has 0 radical (unpaired) electrons. The van der Waals surface area contributed by atoms with Gasteiger partial charge in [-0.2, -0.15) is 4.31 Å². The molecular formula is C25H30N2O6S. The number of ether oxygens (including phenoxy) is 2. The zero-order valence-corrected chi connectivity index (χ0v) is 20.2. The third-order valence-corrected chi connectivity index (χ3v) is 8.12. The lowest BCUT2D eigenvalue weighted by atomic mass is 9.92. The smallest absolute Gasteiger partial charge is 0.308 e. The van der Waals surface area contributed by atoms with Crippen LogP contribution in [0.5, 0.6) is 0 Å². The SMILES string of the molecule is C[C@@H]1CN(C(=O)COC(=O)C[C@H]2c3ccccc3CCN2S(=O)(=O)c2ccccc2)C[C@@H](C)O1. The minimum absolute atomic E-state index is 0.0844. The Morgan fingerprint density at radius 1 is 1.00 bits per heavy atom. The van der Waals surface area contributed by atoms with Gasteiger partial charge in [0.15, 0.2) is 6.61 Å². The highest BCUT2D eigenvalue weighted by Gasteiger charge is 2.38. The molecule has 2 heterocycles. The Labute approximate surface area is 200 Å². The largest absolute Gasteiger partial charge is 0.456 e. The predicted molar refractivity (Wildman–Crippen MR) is 125 cm³/mol. The average Bonchev–Trinajstić information content (AvgIpc) is 2.82. The zero-order chi connectivity index (χ0) is 24.3. The molecule has 0 bridgehead atoms. The Hall–Kier alpha value is -2.75. The van der Waals surface area contributed by atoms with E-state index in [0.717, 1.165) is 11.1 Å². The van der Waals surface area contributed by atoms with Gasteiger partial charge in [-0.3, -0.25) is 9.59 Å². The first-order chi connectivity index (χ1) is 16.3. The van der Waals surface area contributed by atoms with Gasteiger partial charge in [-0.25, -0.2) is 8.42 Å². The molecule has 34 heavy (non-hydrogen) atoms. The monoisotopic (exact) mass is 486 g/mol. The van der Waals surface area contributed by atoms with Crippen molar-refractivity contribution < 1.29 is 27.5 Å². The van der Waals surface area contributed by atoms with Crippen molar-refractivity contribution in [2.24, 2.45) is 0 Å². The molecule has 0 aliphatic carbocycles. The number of nitrogens with zero attached hydrogens (tertiary/aromatic N) is 2. The Morgan fingerprint density at radius 3 is 2.35 bits per heavy atom. The summed E-state index contributed by atoms with van der Waals surface area (Å²) < 4.78 is 39.2. The van der Waals surface area contributed by atoms with E-state index in [0.29, 0.717) is 19.5 Å². The number of rotatable bonds is 6. The number of hydrogen-bond donors (Lipinski definition) is 0. The molecule has 3 atom stereocenters. The predicted octanol–water partition coefficient (Wildman–Crippen LogP) is 2.54. The third-order valence-electron chi connectivity index (χ3n) is 6.20. The van der Waals surface area contributed by atoms with Crippen LogP contribution in [0.3, 0.4) is 0 Å². The van der Waals surface area contributed by atoms with E-state index >= 15 is 0 Å². The second-order valence-corrected chi connectivity index (χ2v) is 10.7. The highest BCUT2D eigenvalue weighted by atomic mass is 32.2. The lowest BCUT2D eigenvalue weighted by Gasteiger charge is -2.36. The number of benzene rings is 2. The summed E-state index contributed by atoms with van der Waals surface area (Å²) in [7, 11) is -3.82. The molecule has 8 nitrogen and oxygen atoms in total. The van der Waals surface area contributed by atoms with E-state index in [2.05, 4.69) is 0 Å². The van der Waals surface area contributed by atoms with Crippen LogP contribution in [0.1, 0.15) is 37.4 Å². The van der Waals surface area contributed by atoms with E-state index in [4.69, 9.17) is 9.47 Å². The van der Waals surface area contributed by atoms with Crippen molar-refractivity contribution in [3.05, 3.63) is 65.7 Å². The topological polar surface area (TPSA) is 93.2 Å². The average molecular weight is 487 g/mol. The van der Waals surface area contributed by atoms with Crippen LogP contribution < -0.4 is 0 Å². The van der Waals surface area contributed by atoms with Crippen molar-refractivity contribution in [1.29, 1.82) is 0 Å². The Bertz CT molecular complexity index is 1130. The highest BCUT2D eigenvalue weighted by Crippen LogP contribution is 2.36. The van der Waals surface area contributed by atoms with Crippen LogP contribution in [-0.2, 0) is 35.5 Å². The summed E-state index contributed by atoms with van der Waals surface area (Å²) in [5.74, 6) is -0.897. The van der Waals surface area contributed by atoms with Gasteiger partial charge in [0.05, 0.1) is 29.6 Å². The van der Waals surface area contributed by atoms with Crippen LogP contribution in [0.25, 0.3) is 0 Å². The summed E-state index contributed by atoms with van der Waals surface area (Å²) in [4.78, 5) is 27.2. The molecule has 2 aromatic carbocycles. The van der Waals surface area contributed by atoms with Crippen molar-refractivity contribution in [2.45, 2.75) is 49.8 Å². The molecule has 0 N–H and O–H groups in total. The maximum Gasteiger partial charge on any atom is 0.308 e. The van der Waals surface area contributed by atoms with Crippen molar-refractivity contribution in [3.8, 4) is 0 Å². The first kappa shape index (κ1) is 24.4. The van der Waals surface area contributed by atoms with Crippen LogP contribution in [0, 0.1) is 0 Å². The van der Waals surface area contributed by atoms with E-state index in [1.165, 1.54) is 4.31 Å². The first-order valence-electron chi connectivity index (χ1n) is 11.5. The van der Waals surface area contributed by atoms with Gasteiger partial charge in [-0.1, -0.05) is 42.5 Å². The van der Waals surface area contributed by atoms with Crippen molar-refractivity contribution in [1.82, 2.24) is 9.21 Å². The second-order valence-electron chi connectivity index (χ2n) is 8.81. The van der Waals surface area contributed by atoms with Crippen LogP contribution in [-0.4, -0.2) is 67.9 Å². The first-order valence-corrected chi connectivity index (χ1v) is 12.9. The Kier molecular flexibility index (Phi) is 7.35. The lowest BCUT2D eigenvalue weighted by molar-refractivity contribution is -0.157. The fourth-order valence-electron chi connectivity index (χ4n) is 4.69. The van der Waals surface area contributed by atoms with Gasteiger partial charge < -0.3 is 14.4 Å². The van der Waals surface area contributed by atoms with E-state index in [9.17, 15) is 18.0 Å². The van der Waals surface area contributed by atoms with Gasteiger partial charge >= 0.3 is 5.97 Å². The van der Waals surface area contributed by atoms with Crippen LogP contribution in [0.15, 0.2) is 59.5 Å². The molecule has 0 saturated carbocycles. The van der Waals surface area contributed by atoms with Crippen LogP contribution >= 0.6 is 0 Å². The summed E-state index contributed by atoms with van der Waals surface area (Å²) in [6.07, 6.45) is 0.212. The minimum atomic E-state index is -3.82. The van der Waals surface area contributed by atoms with Gasteiger partial charge in [0.25, 0.3) is 5.91 Å². The molecule has 9 heteroatoms. The van der Waals surface area contributed by atoms with Gasteiger partial charge in [-0.05, 0) is 43.5 Å². The lowest BCUT2D eigenvalue weighted by Crippen LogP contribution is -2.49. The third kappa shape index (κ3) is 5.32. The van der Waals surface area contributed by atoms with Crippen molar-refractivity contribution >= 4 is 21.9 Å². The molecular weight excluding hydrogens is 456 g/mol. The van der Waals surface area contributed by atoms with E-state index in [1.807, 2.05) is 38.1 Å². The number of amides is 1. The van der Waals surface area contributed by atoms with Gasteiger partial charge in [-0.15, -0.1) is 0 Å². The summed E-state index contributed by atoms with van der Waals surface area (Å²) in [5.41, 5.74) is 1.79. The molecule has 182 valence electrons. The normalized spacial score (nSPS) is 23.2.